The van der Waals surface area contributed by atoms with Crippen LogP contribution in [0.5, 0.6) is 0 Å². The quantitative estimate of drug-likeness (QED) is 0.866. The Bertz CT molecular complexity index is 691. The van der Waals surface area contributed by atoms with Gasteiger partial charge in [-0.3, -0.25) is 4.79 Å². The second-order valence-corrected chi connectivity index (χ2v) is 6.77. The second kappa shape index (κ2) is 8.20. The summed E-state index contributed by atoms with van der Waals surface area (Å²) < 4.78 is 10.8. The molecule has 3 heterocycles. The molecule has 1 fully saturated rings. The highest BCUT2D eigenvalue weighted by molar-refractivity contribution is 5.91. The van der Waals surface area contributed by atoms with Gasteiger partial charge in [0, 0.05) is 37.2 Å². The van der Waals surface area contributed by atoms with Gasteiger partial charge >= 0.3 is 0 Å². The lowest BCUT2D eigenvalue weighted by atomic mass is 10.1. The van der Waals surface area contributed by atoms with Crippen LogP contribution in [-0.2, 0) is 17.7 Å². The van der Waals surface area contributed by atoms with Crippen LogP contribution in [0.25, 0.3) is 0 Å². The number of hydrogen-bond donors (Lipinski definition) is 1. The van der Waals surface area contributed by atoms with Crippen molar-refractivity contribution >= 4 is 5.91 Å². The zero-order valence-corrected chi connectivity index (χ0v) is 14.7. The van der Waals surface area contributed by atoms with E-state index < -0.39 is 0 Å². The van der Waals surface area contributed by atoms with Crippen molar-refractivity contribution in [1.29, 1.82) is 0 Å². The first-order chi connectivity index (χ1) is 12.1. The van der Waals surface area contributed by atoms with Gasteiger partial charge in [0.25, 0.3) is 5.91 Å². The molecule has 3 rings (SSSR count). The van der Waals surface area contributed by atoms with E-state index in [0.29, 0.717) is 18.3 Å². The van der Waals surface area contributed by atoms with Crippen LogP contribution in [0.15, 0.2) is 23.0 Å². The first-order valence-corrected chi connectivity index (χ1v) is 8.78. The molecule has 7 nitrogen and oxygen atoms in total. The van der Waals surface area contributed by atoms with Crippen molar-refractivity contribution in [2.45, 2.75) is 52.2 Å². The fourth-order valence-corrected chi connectivity index (χ4v) is 2.77. The average Bonchev–Trinajstić information content (AvgIpc) is 3.09. The molecule has 0 spiro atoms. The standard InChI is InChI=1S/C18H24N4O3/c1-12(2)7-14-8-16(25-22-14)18(23)21-11-13-9-19-17(20-10-13)15-5-3-4-6-24-15/h8-10,12,15H,3-7,11H2,1-2H3,(H,21,23)/t15-/m1/s1. The predicted octanol–water partition coefficient (Wildman–Crippen LogP) is 2.83. The smallest absolute Gasteiger partial charge is 0.290 e. The Morgan fingerprint density at radius 3 is 2.80 bits per heavy atom. The highest BCUT2D eigenvalue weighted by atomic mass is 16.5. The maximum absolute atomic E-state index is 12.1. The van der Waals surface area contributed by atoms with Gasteiger partial charge in [-0.2, -0.15) is 0 Å². The molecule has 0 unspecified atom stereocenters. The summed E-state index contributed by atoms with van der Waals surface area (Å²) in [4.78, 5) is 20.9. The van der Waals surface area contributed by atoms with E-state index in [1.807, 2.05) is 0 Å². The third kappa shape index (κ3) is 4.85. The van der Waals surface area contributed by atoms with Crippen LogP contribution in [0, 0.1) is 5.92 Å². The zero-order valence-electron chi connectivity index (χ0n) is 14.7. The Balaban J connectivity index is 1.52. The topological polar surface area (TPSA) is 90.1 Å². The van der Waals surface area contributed by atoms with Crippen LogP contribution >= 0.6 is 0 Å². The van der Waals surface area contributed by atoms with Gasteiger partial charge in [-0.05, 0) is 31.6 Å². The summed E-state index contributed by atoms with van der Waals surface area (Å²) in [5.41, 5.74) is 1.62. The van der Waals surface area contributed by atoms with Crippen molar-refractivity contribution in [3.05, 3.63) is 41.3 Å². The van der Waals surface area contributed by atoms with Gasteiger partial charge in [-0.25, -0.2) is 9.97 Å². The van der Waals surface area contributed by atoms with E-state index in [2.05, 4.69) is 34.3 Å². The molecule has 0 radical (unpaired) electrons. The molecule has 134 valence electrons. The highest BCUT2D eigenvalue weighted by Gasteiger charge is 2.18. The van der Waals surface area contributed by atoms with Crippen LogP contribution in [-0.4, -0.2) is 27.6 Å². The number of aromatic nitrogens is 3. The van der Waals surface area contributed by atoms with Crippen LogP contribution in [0.4, 0.5) is 0 Å². The fourth-order valence-electron chi connectivity index (χ4n) is 2.77. The minimum atomic E-state index is -0.290. The molecule has 2 aromatic heterocycles. The van der Waals surface area contributed by atoms with E-state index in [1.165, 1.54) is 0 Å². The molecule has 25 heavy (non-hydrogen) atoms. The van der Waals surface area contributed by atoms with Gasteiger partial charge in [-0.1, -0.05) is 19.0 Å². The molecule has 1 amide bonds. The summed E-state index contributed by atoms with van der Waals surface area (Å²) in [6.07, 6.45) is 7.43. The van der Waals surface area contributed by atoms with Gasteiger partial charge < -0.3 is 14.6 Å². The summed E-state index contributed by atoms with van der Waals surface area (Å²) in [7, 11) is 0. The molecule has 1 saturated heterocycles. The minimum Gasteiger partial charge on any atom is -0.370 e. The van der Waals surface area contributed by atoms with E-state index in [4.69, 9.17) is 9.26 Å². The number of amides is 1. The molecule has 1 aliphatic heterocycles. The van der Waals surface area contributed by atoms with E-state index in [-0.39, 0.29) is 17.8 Å². The molecule has 1 atom stereocenters. The number of hydrogen-bond acceptors (Lipinski definition) is 6. The van der Waals surface area contributed by atoms with Crippen molar-refractivity contribution in [2.24, 2.45) is 5.92 Å². The van der Waals surface area contributed by atoms with Crippen LogP contribution < -0.4 is 5.32 Å². The van der Waals surface area contributed by atoms with Crippen molar-refractivity contribution in [2.75, 3.05) is 6.61 Å². The second-order valence-electron chi connectivity index (χ2n) is 6.77. The number of rotatable bonds is 6. The molecule has 1 N–H and O–H groups in total. The summed E-state index contributed by atoms with van der Waals surface area (Å²) in [6.45, 7) is 5.29. The van der Waals surface area contributed by atoms with Gasteiger partial charge in [0.05, 0.1) is 5.69 Å². The van der Waals surface area contributed by atoms with Crippen molar-refractivity contribution in [3.63, 3.8) is 0 Å². The summed E-state index contributed by atoms with van der Waals surface area (Å²) >= 11 is 0. The number of carbonyl (C=O) groups is 1. The fraction of sp³-hybridized carbons (Fsp3) is 0.556. The number of nitrogens with one attached hydrogen (secondary N) is 1. The van der Waals surface area contributed by atoms with Crippen LogP contribution in [0.2, 0.25) is 0 Å². The largest absolute Gasteiger partial charge is 0.370 e. The summed E-state index contributed by atoms with van der Waals surface area (Å²) in [6, 6.07) is 1.69. The summed E-state index contributed by atoms with van der Waals surface area (Å²) in [5, 5.41) is 6.72. The SMILES string of the molecule is CC(C)Cc1cc(C(=O)NCc2cnc([C@H]3CCCCO3)nc2)on1. The first kappa shape index (κ1) is 17.5. The number of ether oxygens (including phenoxy) is 1. The van der Waals surface area contributed by atoms with E-state index >= 15 is 0 Å². The molecule has 0 saturated carbocycles. The normalized spacial score (nSPS) is 17.6. The van der Waals surface area contributed by atoms with Gasteiger partial charge in [0.2, 0.25) is 5.76 Å². The lowest BCUT2D eigenvalue weighted by Gasteiger charge is -2.21. The van der Waals surface area contributed by atoms with Gasteiger partial charge in [-0.15, -0.1) is 0 Å². The molecule has 0 aliphatic carbocycles. The molecule has 2 aromatic rings. The Morgan fingerprint density at radius 2 is 2.12 bits per heavy atom. The van der Waals surface area contributed by atoms with E-state index in [0.717, 1.165) is 43.5 Å². The third-order valence-corrected chi connectivity index (χ3v) is 4.05. The Hall–Kier alpha value is -2.28. The lowest BCUT2D eigenvalue weighted by Crippen LogP contribution is -2.22. The van der Waals surface area contributed by atoms with Crippen molar-refractivity contribution in [3.8, 4) is 0 Å². The lowest BCUT2D eigenvalue weighted by molar-refractivity contribution is 0.00940. The molecule has 7 heteroatoms. The number of nitrogens with zero attached hydrogens (tertiary/aromatic N) is 3. The molecule has 0 bridgehead atoms. The summed E-state index contributed by atoms with van der Waals surface area (Å²) in [5.74, 6) is 1.11. The van der Waals surface area contributed by atoms with Crippen molar-refractivity contribution in [1.82, 2.24) is 20.4 Å². The van der Waals surface area contributed by atoms with Crippen LogP contribution in [0.1, 0.15) is 66.9 Å². The molecule has 0 aromatic carbocycles. The number of carbonyl (C=O) groups excluding carboxylic acids is 1. The molecule has 1 aliphatic rings. The predicted molar refractivity (Wildman–Crippen MR) is 90.8 cm³/mol. The van der Waals surface area contributed by atoms with Crippen molar-refractivity contribution < 1.29 is 14.1 Å². The van der Waals surface area contributed by atoms with E-state index in [1.54, 1.807) is 18.5 Å². The first-order valence-electron chi connectivity index (χ1n) is 8.78. The molecular formula is C18H24N4O3. The Kier molecular flexibility index (Phi) is 5.75. The minimum absolute atomic E-state index is 0.00837. The Labute approximate surface area is 147 Å². The zero-order chi connectivity index (χ0) is 17.6. The third-order valence-electron chi connectivity index (χ3n) is 4.05. The Morgan fingerprint density at radius 1 is 1.32 bits per heavy atom. The maximum atomic E-state index is 12.1. The van der Waals surface area contributed by atoms with Crippen LogP contribution in [0.3, 0.4) is 0 Å². The maximum Gasteiger partial charge on any atom is 0.290 e. The van der Waals surface area contributed by atoms with E-state index in [9.17, 15) is 4.79 Å². The van der Waals surface area contributed by atoms with Gasteiger partial charge in [0.15, 0.2) is 5.82 Å². The molecular weight excluding hydrogens is 320 g/mol. The monoisotopic (exact) mass is 344 g/mol. The average molecular weight is 344 g/mol. The van der Waals surface area contributed by atoms with Gasteiger partial charge in [0.1, 0.15) is 6.10 Å². The highest BCUT2D eigenvalue weighted by Crippen LogP contribution is 2.24.